The van der Waals surface area contributed by atoms with Crippen molar-refractivity contribution < 1.29 is 9.21 Å². The molecule has 0 aliphatic heterocycles. The Hall–Kier alpha value is -2.88. The third-order valence-corrected chi connectivity index (χ3v) is 4.40. The number of hydrogen-bond acceptors (Lipinski definition) is 4. The van der Waals surface area contributed by atoms with Crippen LogP contribution in [0.4, 0.5) is 5.69 Å². The topological polar surface area (TPSA) is 69.1 Å². The summed E-state index contributed by atoms with van der Waals surface area (Å²) in [6.07, 6.45) is 7.37. The quantitative estimate of drug-likeness (QED) is 0.324. The first kappa shape index (κ1) is 17.9. The second-order valence-corrected chi connectivity index (χ2v) is 6.47. The minimum Gasteiger partial charge on any atom is -0.434 e. The van der Waals surface area contributed by atoms with E-state index in [1.807, 2.05) is 18.2 Å². The van der Waals surface area contributed by atoms with Crippen LogP contribution in [-0.4, -0.2) is 10.8 Å². The number of anilines is 1. The van der Waals surface area contributed by atoms with Gasteiger partial charge >= 0.3 is 0 Å². The average molecular weight is 348 g/mol. The molecule has 0 spiro atoms. The number of carbonyl (C=O) groups is 1. The van der Waals surface area contributed by atoms with Crippen LogP contribution in [0.3, 0.4) is 0 Å². The van der Waals surface area contributed by atoms with Gasteiger partial charge in [-0.2, -0.15) is 0 Å². The van der Waals surface area contributed by atoms with Gasteiger partial charge in [-0.3, -0.25) is 4.79 Å². The van der Waals surface area contributed by atoms with E-state index in [1.54, 1.807) is 18.3 Å². The predicted octanol–water partition coefficient (Wildman–Crippen LogP) is 5.30. The van der Waals surface area contributed by atoms with E-state index in [2.05, 4.69) is 29.2 Å². The van der Waals surface area contributed by atoms with Crippen molar-refractivity contribution in [2.24, 2.45) is 0 Å². The summed E-state index contributed by atoms with van der Waals surface area (Å²) in [4.78, 5) is 16.3. The molecule has 0 saturated heterocycles. The van der Waals surface area contributed by atoms with Gasteiger partial charge in [-0.15, -0.1) is 0 Å². The largest absolute Gasteiger partial charge is 0.434 e. The fraction of sp³-hybridized carbons (Fsp3) is 0.273. The van der Waals surface area contributed by atoms with Crippen LogP contribution in [0.15, 0.2) is 65.2 Å². The fourth-order valence-electron chi connectivity index (χ4n) is 2.90. The predicted molar refractivity (Wildman–Crippen MR) is 104 cm³/mol. The molecule has 26 heavy (non-hydrogen) atoms. The molecule has 3 aromatic rings. The lowest BCUT2D eigenvalue weighted by atomic mass is 10.0. The van der Waals surface area contributed by atoms with E-state index in [9.17, 15) is 4.79 Å². The molecule has 0 bridgehead atoms. The van der Waals surface area contributed by atoms with Gasteiger partial charge in [0.2, 0.25) is 5.78 Å². The molecule has 1 aromatic heterocycles. The lowest BCUT2D eigenvalue weighted by molar-refractivity contribution is 0.0946. The number of hydrogen-bond donors (Lipinski definition) is 1. The minimum atomic E-state index is -0.0326. The van der Waals surface area contributed by atoms with E-state index in [4.69, 9.17) is 10.2 Å². The zero-order valence-electron chi connectivity index (χ0n) is 14.9. The Balaban J connectivity index is 1.39. The number of rotatable bonds is 9. The van der Waals surface area contributed by atoms with Crippen molar-refractivity contribution >= 4 is 11.5 Å². The Kier molecular flexibility index (Phi) is 6.20. The van der Waals surface area contributed by atoms with E-state index in [1.165, 1.54) is 5.56 Å². The SMILES string of the molecule is Nc1ccc(-c2cnc(C(=O)CCCCCCc3ccccc3)o2)cc1. The Morgan fingerprint density at radius 1 is 0.923 bits per heavy atom. The van der Waals surface area contributed by atoms with Gasteiger partial charge in [-0.05, 0) is 49.1 Å². The molecule has 4 nitrogen and oxygen atoms in total. The molecule has 0 saturated carbocycles. The molecule has 0 fully saturated rings. The summed E-state index contributed by atoms with van der Waals surface area (Å²) in [6.45, 7) is 0. The molecular weight excluding hydrogens is 324 g/mol. The van der Waals surface area contributed by atoms with Crippen molar-refractivity contribution in [1.29, 1.82) is 0 Å². The molecular formula is C22H24N2O2. The summed E-state index contributed by atoms with van der Waals surface area (Å²) >= 11 is 0. The minimum absolute atomic E-state index is 0.0326. The van der Waals surface area contributed by atoms with Gasteiger partial charge in [0.25, 0.3) is 5.89 Å². The van der Waals surface area contributed by atoms with Gasteiger partial charge < -0.3 is 10.2 Å². The zero-order chi connectivity index (χ0) is 18.2. The molecule has 2 N–H and O–H groups in total. The average Bonchev–Trinajstić information content (AvgIpc) is 3.16. The van der Waals surface area contributed by atoms with Gasteiger partial charge in [-0.25, -0.2) is 4.98 Å². The van der Waals surface area contributed by atoms with Crippen LogP contribution in [-0.2, 0) is 6.42 Å². The molecule has 2 aromatic carbocycles. The highest BCUT2D eigenvalue weighted by Gasteiger charge is 2.13. The number of benzene rings is 2. The van der Waals surface area contributed by atoms with Crippen molar-refractivity contribution in [2.45, 2.75) is 38.5 Å². The number of nitrogens with two attached hydrogens (primary N) is 1. The van der Waals surface area contributed by atoms with E-state index >= 15 is 0 Å². The fourth-order valence-corrected chi connectivity index (χ4v) is 2.90. The van der Waals surface area contributed by atoms with Gasteiger partial charge in [-0.1, -0.05) is 43.2 Å². The van der Waals surface area contributed by atoms with Crippen LogP contribution in [0.25, 0.3) is 11.3 Å². The van der Waals surface area contributed by atoms with Crippen LogP contribution >= 0.6 is 0 Å². The standard InChI is InChI=1S/C22H24N2O2/c23-19-14-12-18(13-15-19)21-16-24-22(26-21)20(25)11-7-2-1-4-8-17-9-5-3-6-10-17/h3,5-6,9-10,12-16H,1-2,4,7-8,11,23H2. The lowest BCUT2D eigenvalue weighted by Crippen LogP contribution is -1.99. The number of carbonyl (C=O) groups excluding carboxylic acids is 1. The van der Waals surface area contributed by atoms with Crippen LogP contribution < -0.4 is 5.73 Å². The number of aromatic nitrogens is 1. The zero-order valence-corrected chi connectivity index (χ0v) is 14.9. The second-order valence-electron chi connectivity index (χ2n) is 6.47. The molecule has 4 heteroatoms. The van der Waals surface area contributed by atoms with Crippen molar-refractivity contribution in [1.82, 2.24) is 4.98 Å². The Bertz CT molecular complexity index is 823. The molecule has 1 heterocycles. The summed E-state index contributed by atoms with van der Waals surface area (Å²) in [6, 6.07) is 17.8. The molecule has 0 atom stereocenters. The normalized spacial score (nSPS) is 10.8. The van der Waals surface area contributed by atoms with Gasteiger partial charge in [0, 0.05) is 17.7 Å². The van der Waals surface area contributed by atoms with Crippen molar-refractivity contribution in [3.8, 4) is 11.3 Å². The highest BCUT2D eigenvalue weighted by molar-refractivity contribution is 5.92. The number of nitrogens with zero attached hydrogens (tertiary/aromatic N) is 1. The Morgan fingerprint density at radius 2 is 1.65 bits per heavy atom. The summed E-state index contributed by atoms with van der Waals surface area (Å²) in [5.41, 5.74) is 8.61. The molecule has 0 aliphatic rings. The van der Waals surface area contributed by atoms with Crippen LogP contribution in [0.2, 0.25) is 0 Å². The first-order chi connectivity index (χ1) is 12.7. The molecule has 134 valence electrons. The summed E-state index contributed by atoms with van der Waals surface area (Å²) in [5.74, 6) is 0.757. The maximum Gasteiger partial charge on any atom is 0.263 e. The Labute approximate surface area is 154 Å². The second kappa shape index (κ2) is 8.99. The van der Waals surface area contributed by atoms with E-state index in [-0.39, 0.29) is 11.7 Å². The first-order valence-electron chi connectivity index (χ1n) is 9.11. The van der Waals surface area contributed by atoms with E-state index in [0.29, 0.717) is 17.9 Å². The third-order valence-electron chi connectivity index (χ3n) is 4.40. The molecule has 0 amide bonds. The smallest absolute Gasteiger partial charge is 0.263 e. The van der Waals surface area contributed by atoms with Crippen molar-refractivity contribution in [3.63, 3.8) is 0 Å². The number of ketones is 1. The van der Waals surface area contributed by atoms with Gasteiger partial charge in [0.05, 0.1) is 6.20 Å². The molecule has 3 rings (SSSR count). The van der Waals surface area contributed by atoms with Crippen LogP contribution in [0, 0.1) is 0 Å². The summed E-state index contributed by atoms with van der Waals surface area (Å²) in [5, 5.41) is 0. The summed E-state index contributed by atoms with van der Waals surface area (Å²) in [7, 11) is 0. The maximum absolute atomic E-state index is 12.2. The monoisotopic (exact) mass is 348 g/mol. The third kappa shape index (κ3) is 5.06. The molecule has 0 aliphatic carbocycles. The number of aryl methyl sites for hydroxylation is 1. The summed E-state index contributed by atoms with van der Waals surface area (Å²) < 4.78 is 5.61. The first-order valence-corrected chi connectivity index (χ1v) is 9.11. The van der Waals surface area contributed by atoms with Crippen molar-refractivity contribution in [2.75, 3.05) is 5.73 Å². The number of nitrogen functional groups attached to an aromatic ring is 1. The molecule has 0 radical (unpaired) electrons. The number of unbranched alkanes of at least 4 members (excludes halogenated alkanes) is 3. The number of oxazole rings is 1. The maximum atomic E-state index is 12.2. The Morgan fingerprint density at radius 3 is 2.42 bits per heavy atom. The van der Waals surface area contributed by atoms with E-state index < -0.39 is 0 Å². The van der Waals surface area contributed by atoms with Crippen LogP contribution in [0.5, 0.6) is 0 Å². The van der Waals surface area contributed by atoms with Gasteiger partial charge in [0.15, 0.2) is 5.76 Å². The number of Topliss-reactive ketones (excluding diaryl/α,β-unsaturated/α-hetero) is 1. The highest BCUT2D eigenvalue weighted by atomic mass is 16.4. The molecule has 0 unspecified atom stereocenters. The van der Waals surface area contributed by atoms with Gasteiger partial charge in [0.1, 0.15) is 0 Å². The lowest BCUT2D eigenvalue weighted by Gasteiger charge is -2.01. The highest BCUT2D eigenvalue weighted by Crippen LogP contribution is 2.22. The van der Waals surface area contributed by atoms with E-state index in [0.717, 1.165) is 37.7 Å². The van der Waals surface area contributed by atoms with Crippen LogP contribution in [0.1, 0.15) is 48.4 Å². The van der Waals surface area contributed by atoms with Crippen molar-refractivity contribution in [3.05, 3.63) is 72.2 Å².